The maximum atomic E-state index is 11.9. The van der Waals surface area contributed by atoms with Gasteiger partial charge in [0.05, 0.1) is 13.7 Å². The van der Waals surface area contributed by atoms with Gasteiger partial charge in [0.2, 0.25) is 0 Å². The molecule has 7 heteroatoms. The van der Waals surface area contributed by atoms with Gasteiger partial charge in [-0.05, 0) is 55.0 Å². The molecule has 2 rings (SSSR count). The Morgan fingerprint density at radius 1 is 1.08 bits per heavy atom. The Morgan fingerprint density at radius 2 is 1.81 bits per heavy atom. The number of carbonyl (C=O) groups is 2. The lowest BCUT2D eigenvalue weighted by atomic mass is 10.2. The molecule has 0 aliphatic rings. The highest BCUT2D eigenvalue weighted by molar-refractivity contribution is 6.30. The van der Waals surface area contributed by atoms with Crippen molar-refractivity contribution in [2.75, 3.05) is 13.7 Å². The van der Waals surface area contributed by atoms with Crippen LogP contribution in [0.15, 0.2) is 48.5 Å². The Hall–Kier alpha value is -2.99. The second-order valence-corrected chi connectivity index (χ2v) is 5.56. The summed E-state index contributed by atoms with van der Waals surface area (Å²) < 4.78 is 10.7. The molecule has 0 fully saturated rings. The van der Waals surface area contributed by atoms with Gasteiger partial charge in [-0.2, -0.15) is 0 Å². The maximum absolute atomic E-state index is 11.9. The van der Waals surface area contributed by atoms with Crippen LogP contribution in [0, 0.1) is 0 Å². The average molecular weight is 375 g/mol. The van der Waals surface area contributed by atoms with Crippen molar-refractivity contribution < 1.29 is 19.1 Å². The number of nitrogens with one attached hydrogen (secondary N) is 2. The Kier molecular flexibility index (Phi) is 7.05. The standard InChI is InChI=1S/C19H19ClN2O4/c1-3-26-17-12-13(4-10-16(17)25-2)5-11-18(23)21-22-19(24)14-6-8-15(20)9-7-14/h4-12H,3H2,1-2H3,(H,21,23)(H,22,24)/b11-5+. The fourth-order valence-electron chi connectivity index (χ4n) is 2.07. The van der Waals surface area contributed by atoms with Crippen LogP contribution in [0.1, 0.15) is 22.8 Å². The lowest BCUT2D eigenvalue weighted by molar-refractivity contribution is -0.117. The fourth-order valence-corrected chi connectivity index (χ4v) is 2.20. The molecule has 2 aromatic rings. The number of hydrazine groups is 1. The van der Waals surface area contributed by atoms with Crippen LogP contribution in [0.5, 0.6) is 11.5 Å². The van der Waals surface area contributed by atoms with Gasteiger partial charge in [-0.1, -0.05) is 17.7 Å². The van der Waals surface area contributed by atoms with E-state index in [2.05, 4.69) is 10.9 Å². The van der Waals surface area contributed by atoms with Gasteiger partial charge in [0.1, 0.15) is 0 Å². The van der Waals surface area contributed by atoms with Crippen LogP contribution in [0.2, 0.25) is 5.02 Å². The summed E-state index contributed by atoms with van der Waals surface area (Å²) in [5.74, 6) is 0.296. The Labute approximate surface area is 156 Å². The van der Waals surface area contributed by atoms with Crippen molar-refractivity contribution in [1.82, 2.24) is 10.9 Å². The minimum Gasteiger partial charge on any atom is -0.493 e. The molecular weight excluding hydrogens is 356 g/mol. The highest BCUT2D eigenvalue weighted by Crippen LogP contribution is 2.28. The van der Waals surface area contributed by atoms with E-state index in [1.54, 1.807) is 55.7 Å². The molecule has 0 bridgehead atoms. The third-order valence-corrected chi connectivity index (χ3v) is 3.57. The molecule has 0 aliphatic heterocycles. The van der Waals surface area contributed by atoms with E-state index in [0.717, 1.165) is 5.56 Å². The second kappa shape index (κ2) is 9.48. The van der Waals surface area contributed by atoms with E-state index in [1.807, 2.05) is 6.92 Å². The number of hydrogen-bond acceptors (Lipinski definition) is 4. The number of halogens is 1. The minimum atomic E-state index is -0.471. The zero-order valence-electron chi connectivity index (χ0n) is 14.4. The summed E-state index contributed by atoms with van der Waals surface area (Å²) in [7, 11) is 1.56. The molecule has 136 valence electrons. The maximum Gasteiger partial charge on any atom is 0.269 e. The number of amides is 2. The van der Waals surface area contributed by atoms with Gasteiger partial charge in [0.15, 0.2) is 11.5 Å². The Balaban J connectivity index is 1.93. The number of rotatable bonds is 6. The molecule has 0 radical (unpaired) electrons. The predicted octanol–water partition coefficient (Wildman–Crippen LogP) is 3.22. The van der Waals surface area contributed by atoms with Crippen molar-refractivity contribution in [2.45, 2.75) is 6.92 Å². The van der Waals surface area contributed by atoms with Crippen LogP contribution < -0.4 is 20.3 Å². The van der Waals surface area contributed by atoms with E-state index in [0.29, 0.717) is 28.7 Å². The number of methoxy groups -OCH3 is 1. The summed E-state index contributed by atoms with van der Waals surface area (Å²) in [4.78, 5) is 23.7. The van der Waals surface area contributed by atoms with Gasteiger partial charge in [-0.3, -0.25) is 20.4 Å². The fraction of sp³-hybridized carbons (Fsp3) is 0.158. The SMILES string of the molecule is CCOc1cc(/C=C/C(=O)NNC(=O)c2ccc(Cl)cc2)ccc1OC. The van der Waals surface area contributed by atoms with Crippen molar-refractivity contribution in [1.29, 1.82) is 0 Å². The molecular formula is C19H19ClN2O4. The van der Waals surface area contributed by atoms with E-state index < -0.39 is 11.8 Å². The Morgan fingerprint density at radius 3 is 2.46 bits per heavy atom. The molecule has 0 atom stereocenters. The summed E-state index contributed by atoms with van der Waals surface area (Å²) >= 11 is 5.77. The van der Waals surface area contributed by atoms with E-state index in [1.165, 1.54) is 6.08 Å². The number of carbonyl (C=O) groups excluding carboxylic acids is 2. The molecule has 0 saturated heterocycles. The lowest BCUT2D eigenvalue weighted by Gasteiger charge is -2.09. The zero-order chi connectivity index (χ0) is 18.9. The van der Waals surface area contributed by atoms with Crippen molar-refractivity contribution in [2.24, 2.45) is 0 Å². The average Bonchev–Trinajstić information content (AvgIpc) is 2.65. The van der Waals surface area contributed by atoms with Gasteiger partial charge in [0.25, 0.3) is 11.8 Å². The first-order valence-electron chi connectivity index (χ1n) is 7.88. The molecule has 0 aromatic heterocycles. The monoisotopic (exact) mass is 374 g/mol. The highest BCUT2D eigenvalue weighted by Gasteiger charge is 2.06. The van der Waals surface area contributed by atoms with Crippen LogP contribution in [-0.4, -0.2) is 25.5 Å². The highest BCUT2D eigenvalue weighted by atomic mass is 35.5. The first kappa shape index (κ1) is 19.3. The minimum absolute atomic E-state index is 0.384. The first-order valence-corrected chi connectivity index (χ1v) is 8.26. The summed E-state index contributed by atoms with van der Waals surface area (Å²) in [5, 5.41) is 0.527. The molecule has 0 saturated carbocycles. The van der Waals surface area contributed by atoms with Gasteiger partial charge < -0.3 is 9.47 Å². The third kappa shape index (κ3) is 5.53. The molecule has 6 nitrogen and oxygen atoms in total. The van der Waals surface area contributed by atoms with Crippen LogP contribution >= 0.6 is 11.6 Å². The number of ether oxygens (including phenoxy) is 2. The zero-order valence-corrected chi connectivity index (χ0v) is 15.2. The summed E-state index contributed by atoms with van der Waals surface area (Å²) in [6.07, 6.45) is 2.91. The van der Waals surface area contributed by atoms with Gasteiger partial charge in [-0.15, -0.1) is 0 Å². The molecule has 2 aromatic carbocycles. The smallest absolute Gasteiger partial charge is 0.269 e. The normalized spacial score (nSPS) is 10.4. The summed E-state index contributed by atoms with van der Waals surface area (Å²) in [5.41, 5.74) is 5.78. The van der Waals surface area contributed by atoms with Crippen LogP contribution in [-0.2, 0) is 4.79 Å². The van der Waals surface area contributed by atoms with Crippen LogP contribution in [0.25, 0.3) is 6.08 Å². The van der Waals surface area contributed by atoms with E-state index >= 15 is 0 Å². The summed E-state index contributed by atoms with van der Waals surface area (Å²) in [6, 6.07) is 11.6. The molecule has 2 amide bonds. The predicted molar refractivity (Wildman–Crippen MR) is 100 cm³/mol. The quantitative estimate of drug-likeness (QED) is 0.601. The third-order valence-electron chi connectivity index (χ3n) is 3.32. The Bertz CT molecular complexity index is 804. The van der Waals surface area contributed by atoms with Gasteiger partial charge in [-0.25, -0.2) is 0 Å². The van der Waals surface area contributed by atoms with Crippen molar-refractivity contribution in [3.8, 4) is 11.5 Å². The molecule has 26 heavy (non-hydrogen) atoms. The topological polar surface area (TPSA) is 76.7 Å². The van der Waals surface area contributed by atoms with Crippen molar-refractivity contribution in [3.05, 3.63) is 64.7 Å². The number of hydrogen-bond donors (Lipinski definition) is 2. The molecule has 2 N–H and O–H groups in total. The van der Waals surface area contributed by atoms with E-state index in [9.17, 15) is 9.59 Å². The number of benzene rings is 2. The van der Waals surface area contributed by atoms with Crippen LogP contribution in [0.3, 0.4) is 0 Å². The van der Waals surface area contributed by atoms with E-state index in [4.69, 9.17) is 21.1 Å². The molecule has 0 aliphatic carbocycles. The first-order chi connectivity index (χ1) is 12.5. The van der Waals surface area contributed by atoms with Gasteiger partial charge in [0, 0.05) is 16.7 Å². The molecule has 0 unspecified atom stereocenters. The summed E-state index contributed by atoms with van der Waals surface area (Å²) in [6.45, 7) is 2.37. The van der Waals surface area contributed by atoms with E-state index in [-0.39, 0.29) is 0 Å². The largest absolute Gasteiger partial charge is 0.493 e. The molecule has 0 spiro atoms. The lowest BCUT2D eigenvalue weighted by Crippen LogP contribution is -2.40. The van der Waals surface area contributed by atoms with Crippen molar-refractivity contribution in [3.63, 3.8) is 0 Å². The van der Waals surface area contributed by atoms with Gasteiger partial charge >= 0.3 is 0 Å². The van der Waals surface area contributed by atoms with Crippen molar-refractivity contribution >= 4 is 29.5 Å². The van der Waals surface area contributed by atoms with Crippen LogP contribution in [0.4, 0.5) is 0 Å². The molecule has 0 heterocycles. The second-order valence-electron chi connectivity index (χ2n) is 5.13.